The fourth-order valence-electron chi connectivity index (χ4n) is 2.16. The van der Waals surface area contributed by atoms with E-state index in [0.717, 1.165) is 35.0 Å². The van der Waals surface area contributed by atoms with Gasteiger partial charge in [0.05, 0.1) is 17.4 Å². The van der Waals surface area contributed by atoms with E-state index < -0.39 is 0 Å². The third-order valence-corrected chi connectivity index (χ3v) is 3.05. The Hall–Kier alpha value is -2.36. The smallest absolute Gasteiger partial charge is 0.132 e. The van der Waals surface area contributed by atoms with Crippen molar-refractivity contribution in [1.82, 2.24) is 9.97 Å². The maximum atomic E-state index is 9.23. The first kappa shape index (κ1) is 10.8. The van der Waals surface area contributed by atoms with Crippen LogP contribution in [0.3, 0.4) is 0 Å². The molecule has 2 aromatic rings. The minimum Gasteiger partial charge on any atom is -0.410 e. The van der Waals surface area contributed by atoms with Crippen LogP contribution in [0.2, 0.25) is 0 Å². The van der Waals surface area contributed by atoms with Gasteiger partial charge >= 0.3 is 0 Å². The first-order valence-electron chi connectivity index (χ1n) is 5.91. The summed E-state index contributed by atoms with van der Waals surface area (Å²) in [7, 11) is 0. The lowest BCUT2D eigenvalue weighted by atomic mass is 10.0. The van der Waals surface area contributed by atoms with Gasteiger partial charge in [0, 0.05) is 17.2 Å². The monoisotopic (exact) mass is 239 g/mol. The molecule has 0 atom stereocenters. The number of nitrogens with one attached hydrogen (secondary N) is 1. The van der Waals surface area contributed by atoms with Crippen molar-refractivity contribution < 1.29 is 5.21 Å². The van der Waals surface area contributed by atoms with E-state index in [1.165, 1.54) is 0 Å². The van der Waals surface area contributed by atoms with Crippen molar-refractivity contribution in [2.75, 3.05) is 0 Å². The summed E-state index contributed by atoms with van der Waals surface area (Å²) >= 11 is 0. The normalized spacial score (nSPS) is 16.0. The second-order valence-electron chi connectivity index (χ2n) is 4.23. The van der Waals surface area contributed by atoms with Gasteiger partial charge in [-0.2, -0.15) is 0 Å². The molecule has 1 aliphatic carbocycles. The van der Waals surface area contributed by atoms with Crippen molar-refractivity contribution in [2.24, 2.45) is 5.16 Å². The van der Waals surface area contributed by atoms with Crippen molar-refractivity contribution in [1.29, 1.82) is 0 Å². The fourth-order valence-corrected chi connectivity index (χ4v) is 2.16. The third kappa shape index (κ3) is 1.82. The molecule has 0 bridgehead atoms. The summed E-state index contributed by atoms with van der Waals surface area (Å²) in [5, 5.41) is 13.7. The van der Waals surface area contributed by atoms with Crippen LogP contribution in [0.15, 0.2) is 53.5 Å². The van der Waals surface area contributed by atoms with Crippen LogP contribution in [0.1, 0.15) is 18.5 Å². The summed E-state index contributed by atoms with van der Waals surface area (Å²) in [6.07, 6.45) is 11.7. The number of aromatic amines is 1. The van der Waals surface area contributed by atoms with Crippen LogP contribution in [0.4, 0.5) is 0 Å². The molecular weight excluding hydrogens is 226 g/mol. The molecule has 0 unspecified atom stereocenters. The van der Waals surface area contributed by atoms with Gasteiger partial charge in [-0.15, -0.1) is 0 Å². The van der Waals surface area contributed by atoms with Gasteiger partial charge in [-0.25, -0.2) is 0 Å². The van der Waals surface area contributed by atoms with Crippen LogP contribution in [-0.4, -0.2) is 20.9 Å². The largest absolute Gasteiger partial charge is 0.410 e. The van der Waals surface area contributed by atoms with Gasteiger partial charge in [-0.3, -0.25) is 4.98 Å². The SMILES string of the molecule is O/N=C(\C1=CCCC=C1)c1cc2ccncc2[nH]1. The molecule has 4 nitrogen and oxygen atoms in total. The second-order valence-corrected chi connectivity index (χ2v) is 4.23. The van der Waals surface area contributed by atoms with Gasteiger partial charge in [-0.05, 0) is 25.0 Å². The standard InChI is InChI=1S/C14H13N3O/c18-17-14(10-4-2-1-3-5-10)12-8-11-6-7-15-9-13(11)16-12/h2,4-9,16,18H,1,3H2/b17-14+. The van der Waals surface area contributed by atoms with Gasteiger partial charge in [-0.1, -0.05) is 23.4 Å². The van der Waals surface area contributed by atoms with Crippen LogP contribution in [0.25, 0.3) is 10.9 Å². The topological polar surface area (TPSA) is 61.3 Å². The Morgan fingerprint density at radius 3 is 3.06 bits per heavy atom. The number of rotatable bonds is 2. The van der Waals surface area contributed by atoms with Crippen LogP contribution >= 0.6 is 0 Å². The van der Waals surface area contributed by atoms with Crippen molar-refractivity contribution >= 4 is 16.6 Å². The molecule has 0 amide bonds. The number of hydrogen-bond acceptors (Lipinski definition) is 3. The zero-order chi connectivity index (χ0) is 12.4. The summed E-state index contributed by atoms with van der Waals surface area (Å²) in [5.74, 6) is 0. The molecule has 1 aliphatic rings. The third-order valence-electron chi connectivity index (χ3n) is 3.05. The van der Waals surface area contributed by atoms with Gasteiger partial charge in [0.25, 0.3) is 0 Å². The fraction of sp³-hybridized carbons (Fsp3) is 0.143. The minimum absolute atomic E-state index is 0.571. The molecule has 0 spiro atoms. The Morgan fingerprint density at radius 1 is 1.39 bits per heavy atom. The molecule has 2 heterocycles. The summed E-state index contributed by atoms with van der Waals surface area (Å²) in [6, 6.07) is 3.89. The number of pyridine rings is 1. The maximum Gasteiger partial charge on any atom is 0.132 e. The van der Waals surface area contributed by atoms with Crippen LogP contribution in [0, 0.1) is 0 Å². The van der Waals surface area contributed by atoms with Crippen molar-refractivity contribution in [3.63, 3.8) is 0 Å². The molecule has 0 aliphatic heterocycles. The van der Waals surface area contributed by atoms with Crippen LogP contribution < -0.4 is 0 Å². The molecule has 2 aromatic heterocycles. The van der Waals surface area contributed by atoms with E-state index in [2.05, 4.69) is 27.3 Å². The quantitative estimate of drug-likeness (QED) is 0.480. The average molecular weight is 239 g/mol. The maximum absolute atomic E-state index is 9.23. The van der Waals surface area contributed by atoms with Crippen molar-refractivity contribution in [3.8, 4) is 0 Å². The Labute approximate surface area is 104 Å². The van der Waals surface area contributed by atoms with E-state index in [-0.39, 0.29) is 0 Å². The summed E-state index contributed by atoms with van der Waals surface area (Å²) in [4.78, 5) is 7.28. The molecule has 4 heteroatoms. The number of nitrogens with zero attached hydrogens (tertiary/aromatic N) is 2. The van der Waals surface area contributed by atoms with Gasteiger partial charge in [0.1, 0.15) is 5.71 Å². The Bertz CT molecular complexity index is 631. The van der Waals surface area contributed by atoms with E-state index in [1.54, 1.807) is 12.4 Å². The molecule has 0 fully saturated rings. The number of fused-ring (bicyclic) bond motifs is 1. The lowest BCUT2D eigenvalue weighted by Gasteiger charge is -2.07. The predicted molar refractivity (Wildman–Crippen MR) is 70.9 cm³/mol. The number of hydrogen-bond donors (Lipinski definition) is 2. The highest BCUT2D eigenvalue weighted by atomic mass is 16.4. The molecule has 2 N–H and O–H groups in total. The lowest BCUT2D eigenvalue weighted by Crippen LogP contribution is -2.05. The molecule has 0 aromatic carbocycles. The predicted octanol–water partition coefficient (Wildman–Crippen LogP) is 3.02. The number of allylic oxidation sites excluding steroid dienone is 4. The Balaban J connectivity index is 2.06. The highest BCUT2D eigenvalue weighted by Gasteiger charge is 2.12. The summed E-state index contributed by atoms with van der Waals surface area (Å²) in [6.45, 7) is 0. The molecule has 18 heavy (non-hydrogen) atoms. The number of H-pyrrole nitrogens is 1. The highest BCUT2D eigenvalue weighted by molar-refractivity contribution is 6.14. The van der Waals surface area contributed by atoms with Gasteiger partial charge < -0.3 is 10.2 Å². The van der Waals surface area contributed by atoms with E-state index >= 15 is 0 Å². The molecular formula is C14H13N3O. The first-order chi connectivity index (χ1) is 8.88. The molecule has 3 rings (SSSR count). The number of aromatic nitrogens is 2. The average Bonchev–Trinajstić information content (AvgIpc) is 2.84. The van der Waals surface area contributed by atoms with E-state index in [0.29, 0.717) is 5.71 Å². The van der Waals surface area contributed by atoms with E-state index in [1.807, 2.05) is 18.2 Å². The van der Waals surface area contributed by atoms with E-state index in [4.69, 9.17) is 0 Å². The summed E-state index contributed by atoms with van der Waals surface area (Å²) in [5.41, 5.74) is 3.26. The zero-order valence-electron chi connectivity index (χ0n) is 9.80. The lowest BCUT2D eigenvalue weighted by molar-refractivity contribution is 0.319. The van der Waals surface area contributed by atoms with Gasteiger partial charge in [0.2, 0.25) is 0 Å². The second kappa shape index (κ2) is 4.49. The van der Waals surface area contributed by atoms with Gasteiger partial charge in [0.15, 0.2) is 0 Å². The molecule has 90 valence electrons. The van der Waals surface area contributed by atoms with Crippen molar-refractivity contribution in [2.45, 2.75) is 12.8 Å². The highest BCUT2D eigenvalue weighted by Crippen LogP contribution is 2.19. The van der Waals surface area contributed by atoms with Crippen molar-refractivity contribution in [3.05, 3.63) is 54.0 Å². The number of oxime groups is 1. The molecule has 0 radical (unpaired) electrons. The molecule has 0 saturated heterocycles. The van der Waals surface area contributed by atoms with Crippen LogP contribution in [-0.2, 0) is 0 Å². The summed E-state index contributed by atoms with van der Waals surface area (Å²) < 4.78 is 0. The molecule has 0 saturated carbocycles. The Kier molecular flexibility index (Phi) is 2.68. The van der Waals surface area contributed by atoms with E-state index in [9.17, 15) is 5.21 Å². The van der Waals surface area contributed by atoms with Crippen LogP contribution in [0.5, 0.6) is 0 Å². The zero-order valence-corrected chi connectivity index (χ0v) is 9.80. The minimum atomic E-state index is 0.571. The first-order valence-corrected chi connectivity index (χ1v) is 5.91. The Morgan fingerprint density at radius 2 is 2.33 bits per heavy atom.